The van der Waals surface area contributed by atoms with Crippen molar-refractivity contribution in [2.75, 3.05) is 0 Å². The first-order valence-corrected chi connectivity index (χ1v) is 9.72. The summed E-state index contributed by atoms with van der Waals surface area (Å²) < 4.78 is 5.66. The summed E-state index contributed by atoms with van der Waals surface area (Å²) in [5.41, 5.74) is -0.511. The summed E-state index contributed by atoms with van der Waals surface area (Å²) in [5, 5.41) is 0. The van der Waals surface area contributed by atoms with Crippen LogP contribution in [0.4, 0.5) is 0 Å². The van der Waals surface area contributed by atoms with Crippen LogP contribution in [0.5, 0.6) is 0 Å². The summed E-state index contributed by atoms with van der Waals surface area (Å²) in [7, 11) is 0. The predicted molar refractivity (Wildman–Crippen MR) is 92.6 cm³/mol. The second-order valence-corrected chi connectivity index (χ2v) is 9.12. The van der Waals surface area contributed by atoms with Gasteiger partial charge in [-0.05, 0) is 68.3 Å². The maximum atomic E-state index is 12.8. The van der Waals surface area contributed by atoms with Crippen molar-refractivity contribution in [3.63, 3.8) is 0 Å². The van der Waals surface area contributed by atoms with Crippen LogP contribution in [0.3, 0.4) is 0 Å². The Morgan fingerprint density at radius 1 is 1.08 bits per heavy atom. The molecule has 4 aliphatic carbocycles. The van der Waals surface area contributed by atoms with Gasteiger partial charge >= 0.3 is 5.97 Å². The van der Waals surface area contributed by atoms with E-state index < -0.39 is 5.41 Å². The molecule has 2 unspecified atom stereocenters. The van der Waals surface area contributed by atoms with Crippen LogP contribution in [0.2, 0.25) is 0 Å². The van der Waals surface area contributed by atoms with Crippen LogP contribution in [-0.2, 0) is 19.1 Å². The minimum absolute atomic E-state index is 0.00469. The molecule has 7 atom stereocenters. The summed E-state index contributed by atoms with van der Waals surface area (Å²) in [5.74, 6) is 0.745. The van der Waals surface area contributed by atoms with Crippen molar-refractivity contribution in [1.29, 1.82) is 0 Å². The maximum absolute atomic E-state index is 12.8. The van der Waals surface area contributed by atoms with Gasteiger partial charge in [0.15, 0.2) is 0 Å². The molecule has 0 bridgehead atoms. The lowest BCUT2D eigenvalue weighted by Gasteiger charge is -2.57. The van der Waals surface area contributed by atoms with Crippen molar-refractivity contribution in [2.24, 2.45) is 34.5 Å². The van der Waals surface area contributed by atoms with E-state index in [1.165, 1.54) is 13.0 Å². The molecule has 4 nitrogen and oxygen atoms in total. The van der Waals surface area contributed by atoms with Gasteiger partial charge in [-0.15, -0.1) is 0 Å². The van der Waals surface area contributed by atoms with Crippen LogP contribution in [0, 0.1) is 34.5 Å². The van der Waals surface area contributed by atoms with Gasteiger partial charge in [0.2, 0.25) is 11.6 Å². The molecule has 0 spiro atoms. The van der Waals surface area contributed by atoms with Gasteiger partial charge < -0.3 is 4.74 Å². The number of ether oxygens (including phenoxy) is 1. The predicted octanol–water partition coefficient (Wildman–Crippen LogP) is 3.48. The van der Waals surface area contributed by atoms with E-state index in [4.69, 9.17) is 4.74 Å². The Kier molecular flexibility index (Phi) is 3.75. The molecule has 4 heteroatoms. The Hall–Kier alpha value is -1.45. The zero-order valence-electron chi connectivity index (χ0n) is 15.4. The van der Waals surface area contributed by atoms with E-state index in [-0.39, 0.29) is 40.9 Å². The number of rotatable bonds is 1. The first-order valence-electron chi connectivity index (χ1n) is 9.72. The summed E-state index contributed by atoms with van der Waals surface area (Å²) in [4.78, 5) is 36.5. The largest absolute Gasteiger partial charge is 0.462 e. The van der Waals surface area contributed by atoms with Gasteiger partial charge in [0.25, 0.3) is 0 Å². The second kappa shape index (κ2) is 5.52. The maximum Gasteiger partial charge on any atom is 0.302 e. The molecule has 0 amide bonds. The second-order valence-electron chi connectivity index (χ2n) is 9.12. The smallest absolute Gasteiger partial charge is 0.302 e. The van der Waals surface area contributed by atoms with Gasteiger partial charge in [-0.1, -0.05) is 19.9 Å². The third-order valence-corrected chi connectivity index (χ3v) is 8.20. The number of allylic oxidation sites excluding steroid dienone is 2. The highest BCUT2D eigenvalue weighted by molar-refractivity contribution is 6.44. The molecule has 4 aliphatic rings. The fourth-order valence-corrected chi connectivity index (χ4v) is 6.90. The zero-order chi connectivity index (χ0) is 18.0. The first kappa shape index (κ1) is 17.0. The molecule has 0 heterocycles. The summed E-state index contributed by atoms with van der Waals surface area (Å²) >= 11 is 0. The van der Waals surface area contributed by atoms with Crippen LogP contribution >= 0.6 is 0 Å². The highest BCUT2D eigenvalue weighted by Crippen LogP contribution is 2.65. The van der Waals surface area contributed by atoms with Crippen LogP contribution in [-0.4, -0.2) is 23.6 Å². The molecule has 0 N–H and O–H groups in total. The van der Waals surface area contributed by atoms with Crippen LogP contribution < -0.4 is 0 Å². The Morgan fingerprint density at radius 3 is 2.56 bits per heavy atom. The van der Waals surface area contributed by atoms with E-state index in [9.17, 15) is 14.4 Å². The number of ketones is 2. The van der Waals surface area contributed by atoms with E-state index in [1.54, 1.807) is 0 Å². The molecule has 0 aromatic heterocycles. The fourth-order valence-electron chi connectivity index (χ4n) is 6.90. The van der Waals surface area contributed by atoms with Crippen molar-refractivity contribution < 1.29 is 19.1 Å². The average Bonchev–Trinajstić information content (AvgIpc) is 2.88. The lowest BCUT2D eigenvalue weighted by Crippen LogP contribution is -2.57. The van der Waals surface area contributed by atoms with Gasteiger partial charge in [0, 0.05) is 17.8 Å². The summed E-state index contributed by atoms with van der Waals surface area (Å²) in [6, 6.07) is 0. The molecule has 0 aliphatic heterocycles. The van der Waals surface area contributed by atoms with Crippen LogP contribution in [0.15, 0.2) is 12.2 Å². The number of hydrogen-bond donors (Lipinski definition) is 0. The number of hydrogen-bond acceptors (Lipinski definition) is 4. The third kappa shape index (κ3) is 2.22. The molecule has 0 radical (unpaired) electrons. The molecule has 3 saturated carbocycles. The van der Waals surface area contributed by atoms with Gasteiger partial charge in [-0.25, -0.2) is 0 Å². The minimum atomic E-state index is -0.532. The highest BCUT2D eigenvalue weighted by Gasteiger charge is 2.63. The van der Waals surface area contributed by atoms with Crippen molar-refractivity contribution in [3.8, 4) is 0 Å². The number of Topliss-reactive ketones (excluding diaryl/α,β-unsaturated/α-hetero) is 1. The lowest BCUT2D eigenvalue weighted by atomic mass is 9.45. The Labute approximate surface area is 149 Å². The van der Waals surface area contributed by atoms with E-state index in [0.29, 0.717) is 11.8 Å². The summed E-state index contributed by atoms with van der Waals surface area (Å²) in [6.07, 6.45) is 9.51. The third-order valence-electron chi connectivity index (χ3n) is 8.20. The Balaban J connectivity index is 1.66. The molecule has 136 valence electrons. The van der Waals surface area contributed by atoms with Gasteiger partial charge in [-0.2, -0.15) is 0 Å². The minimum Gasteiger partial charge on any atom is -0.462 e. The van der Waals surface area contributed by atoms with E-state index >= 15 is 0 Å². The first-order chi connectivity index (χ1) is 11.8. The monoisotopic (exact) mass is 344 g/mol. The summed E-state index contributed by atoms with van der Waals surface area (Å²) in [6.45, 7) is 5.81. The molecule has 25 heavy (non-hydrogen) atoms. The Bertz CT molecular complexity index is 665. The average molecular weight is 344 g/mol. The lowest BCUT2D eigenvalue weighted by molar-refractivity contribution is -0.164. The molecule has 0 aromatic carbocycles. The van der Waals surface area contributed by atoms with Crippen molar-refractivity contribution in [2.45, 2.75) is 65.4 Å². The number of carbonyl (C=O) groups excluding carboxylic acids is 3. The van der Waals surface area contributed by atoms with Crippen LogP contribution in [0.1, 0.15) is 59.3 Å². The van der Waals surface area contributed by atoms with Crippen molar-refractivity contribution >= 4 is 17.5 Å². The number of esters is 1. The zero-order valence-corrected chi connectivity index (χ0v) is 15.4. The molecule has 0 aromatic rings. The van der Waals surface area contributed by atoms with E-state index in [1.807, 2.05) is 13.0 Å². The molecule has 3 fully saturated rings. The SMILES string of the molecule is CC(=O)OC1CC[C@H]2[C@@H]3CCC4C=CC(=O)C(=O)[C@]4(C)[C@H]3CC[C@]12C. The molecule has 0 saturated heterocycles. The van der Waals surface area contributed by atoms with Gasteiger partial charge in [-0.3, -0.25) is 14.4 Å². The fraction of sp³-hybridized carbons (Fsp3) is 0.762. The van der Waals surface area contributed by atoms with Crippen molar-refractivity contribution in [3.05, 3.63) is 12.2 Å². The normalized spacial score (nSPS) is 48.5. The standard InChI is InChI=1S/C21H28O4/c1-12(22)25-18-9-7-15-14-6-4-13-5-8-17(23)19(24)21(13,3)16(14)10-11-20(15,18)2/h5,8,13-16,18H,4,6-7,9-11H2,1-3H3/t13?,14-,15-,16-,18?,20-,21-/m0/s1. The quantitative estimate of drug-likeness (QED) is 0.540. The van der Waals surface area contributed by atoms with Crippen LogP contribution in [0.25, 0.3) is 0 Å². The van der Waals surface area contributed by atoms with Gasteiger partial charge in [0.1, 0.15) is 6.10 Å². The number of carbonyl (C=O) groups is 3. The molecule has 4 rings (SSSR count). The number of fused-ring (bicyclic) bond motifs is 5. The van der Waals surface area contributed by atoms with E-state index in [0.717, 1.165) is 38.5 Å². The highest BCUT2D eigenvalue weighted by atomic mass is 16.5. The van der Waals surface area contributed by atoms with Gasteiger partial charge in [0.05, 0.1) is 0 Å². The molecular formula is C21H28O4. The Morgan fingerprint density at radius 2 is 1.84 bits per heavy atom. The molecular weight excluding hydrogens is 316 g/mol. The topological polar surface area (TPSA) is 60.4 Å². The van der Waals surface area contributed by atoms with E-state index in [2.05, 4.69) is 6.92 Å². The van der Waals surface area contributed by atoms with Crippen molar-refractivity contribution in [1.82, 2.24) is 0 Å².